The third-order valence-electron chi connectivity index (χ3n) is 4.40. The van der Waals surface area contributed by atoms with Crippen molar-refractivity contribution in [3.05, 3.63) is 71.5 Å². The summed E-state index contributed by atoms with van der Waals surface area (Å²) in [7, 11) is -3.82. The number of hydrogen-bond donors (Lipinski definition) is 0. The van der Waals surface area contributed by atoms with E-state index >= 15 is 0 Å². The van der Waals surface area contributed by atoms with Gasteiger partial charge in [0.05, 0.1) is 29.3 Å². The first-order valence-corrected chi connectivity index (χ1v) is 10.2. The van der Waals surface area contributed by atoms with Crippen LogP contribution in [-0.4, -0.2) is 26.6 Å². The van der Waals surface area contributed by atoms with E-state index < -0.39 is 10.0 Å². The van der Waals surface area contributed by atoms with Crippen LogP contribution in [0, 0.1) is 11.3 Å². The van der Waals surface area contributed by atoms with Gasteiger partial charge in [-0.05, 0) is 35.9 Å². The zero-order valence-electron chi connectivity index (χ0n) is 14.5. The number of pyridine rings is 1. The van der Waals surface area contributed by atoms with Gasteiger partial charge in [-0.3, -0.25) is 9.29 Å². The predicted molar refractivity (Wildman–Crippen MR) is 106 cm³/mol. The van der Waals surface area contributed by atoms with Crippen molar-refractivity contribution in [3.8, 4) is 22.9 Å². The standard InChI is InChI=1S/C20H14ClN3O3S/c21-16-2-1-3-17(10-16)28(25,26)24-8-9-27-20-18(12-23-13-19(20)24)15-6-4-14(11-22)5-7-15/h1-7,10,12-13H,8-9H2. The third-order valence-corrected chi connectivity index (χ3v) is 6.44. The third kappa shape index (κ3) is 3.17. The lowest BCUT2D eigenvalue weighted by Gasteiger charge is -2.31. The lowest BCUT2D eigenvalue weighted by molar-refractivity contribution is 0.316. The molecule has 0 N–H and O–H groups in total. The van der Waals surface area contributed by atoms with E-state index in [2.05, 4.69) is 11.1 Å². The van der Waals surface area contributed by atoms with Gasteiger partial charge in [0.2, 0.25) is 0 Å². The highest BCUT2D eigenvalue weighted by molar-refractivity contribution is 7.92. The summed E-state index contributed by atoms with van der Waals surface area (Å²) in [6.45, 7) is 0.375. The van der Waals surface area contributed by atoms with Gasteiger partial charge in [0.1, 0.15) is 12.3 Å². The quantitative estimate of drug-likeness (QED) is 0.653. The maximum Gasteiger partial charge on any atom is 0.264 e. The summed E-state index contributed by atoms with van der Waals surface area (Å²) in [6.07, 6.45) is 3.10. The fourth-order valence-electron chi connectivity index (χ4n) is 3.05. The molecule has 0 radical (unpaired) electrons. The molecule has 4 rings (SSSR count). The fraction of sp³-hybridized carbons (Fsp3) is 0.100. The van der Waals surface area contributed by atoms with Crippen LogP contribution in [-0.2, 0) is 10.0 Å². The number of aromatic nitrogens is 1. The van der Waals surface area contributed by atoms with Crippen molar-refractivity contribution >= 4 is 27.3 Å². The summed E-state index contributed by atoms with van der Waals surface area (Å²) >= 11 is 5.98. The highest BCUT2D eigenvalue weighted by Crippen LogP contribution is 2.41. The normalized spacial score (nSPS) is 13.4. The minimum absolute atomic E-state index is 0.108. The summed E-state index contributed by atoms with van der Waals surface area (Å²) in [5.41, 5.74) is 2.35. The van der Waals surface area contributed by atoms with Crippen molar-refractivity contribution in [2.75, 3.05) is 17.5 Å². The largest absolute Gasteiger partial charge is 0.489 e. The van der Waals surface area contributed by atoms with Crippen LogP contribution in [0.25, 0.3) is 11.1 Å². The Balaban J connectivity index is 1.81. The smallest absolute Gasteiger partial charge is 0.264 e. The molecule has 1 aliphatic rings. The minimum atomic E-state index is -3.82. The van der Waals surface area contributed by atoms with Crippen LogP contribution in [0.3, 0.4) is 0 Å². The van der Waals surface area contributed by atoms with E-state index in [1.807, 2.05) is 0 Å². The van der Waals surface area contributed by atoms with E-state index in [0.29, 0.717) is 27.6 Å². The zero-order chi connectivity index (χ0) is 19.7. The minimum Gasteiger partial charge on any atom is -0.489 e. The average molecular weight is 412 g/mol. The van der Waals surface area contributed by atoms with Crippen molar-refractivity contribution in [2.24, 2.45) is 0 Å². The van der Waals surface area contributed by atoms with Gasteiger partial charge in [-0.1, -0.05) is 29.8 Å². The number of rotatable bonds is 3. The van der Waals surface area contributed by atoms with E-state index in [-0.39, 0.29) is 18.0 Å². The maximum atomic E-state index is 13.2. The van der Waals surface area contributed by atoms with Crippen molar-refractivity contribution in [2.45, 2.75) is 4.90 Å². The van der Waals surface area contributed by atoms with Crippen LogP contribution in [0.4, 0.5) is 5.69 Å². The Bertz CT molecular complexity index is 1190. The number of fused-ring (bicyclic) bond motifs is 1. The molecule has 0 atom stereocenters. The lowest BCUT2D eigenvalue weighted by Crippen LogP contribution is -2.38. The SMILES string of the molecule is N#Cc1ccc(-c2cncc3c2OCCN3S(=O)(=O)c2cccc(Cl)c2)cc1. The Hall–Kier alpha value is -3.08. The summed E-state index contributed by atoms with van der Waals surface area (Å²) in [5.74, 6) is 0.441. The zero-order valence-corrected chi connectivity index (χ0v) is 16.1. The Morgan fingerprint density at radius 2 is 1.93 bits per heavy atom. The van der Waals surface area contributed by atoms with Crippen molar-refractivity contribution in [1.29, 1.82) is 5.26 Å². The molecular weight excluding hydrogens is 398 g/mol. The number of halogens is 1. The van der Waals surface area contributed by atoms with Crippen LogP contribution in [0.1, 0.15) is 5.56 Å². The van der Waals surface area contributed by atoms with Crippen molar-refractivity contribution in [1.82, 2.24) is 4.98 Å². The lowest BCUT2D eigenvalue weighted by atomic mass is 10.0. The molecule has 0 bridgehead atoms. The second kappa shape index (κ2) is 7.15. The molecule has 0 unspecified atom stereocenters. The van der Waals surface area contributed by atoms with Gasteiger partial charge in [0.15, 0.2) is 5.75 Å². The second-order valence-corrected chi connectivity index (χ2v) is 8.41. The molecule has 0 saturated carbocycles. The van der Waals surface area contributed by atoms with E-state index in [1.165, 1.54) is 22.6 Å². The second-order valence-electron chi connectivity index (χ2n) is 6.11. The molecule has 8 heteroatoms. The molecular formula is C20H14ClN3O3S. The number of hydrogen-bond acceptors (Lipinski definition) is 5. The first-order chi connectivity index (χ1) is 13.5. The van der Waals surface area contributed by atoms with Crippen LogP contribution < -0.4 is 9.04 Å². The molecule has 0 aliphatic carbocycles. The number of nitrogens with zero attached hydrogens (tertiary/aromatic N) is 3. The van der Waals surface area contributed by atoms with Crippen LogP contribution in [0.15, 0.2) is 65.8 Å². The molecule has 2 heterocycles. The summed E-state index contributed by atoms with van der Waals surface area (Å²) in [4.78, 5) is 4.32. The molecule has 0 spiro atoms. The van der Waals surface area contributed by atoms with Crippen molar-refractivity contribution < 1.29 is 13.2 Å². The number of benzene rings is 2. The molecule has 140 valence electrons. The predicted octanol–water partition coefficient (Wildman–Crippen LogP) is 3.86. The number of nitriles is 1. The Kier molecular flexibility index (Phi) is 4.67. The average Bonchev–Trinajstić information content (AvgIpc) is 2.73. The van der Waals surface area contributed by atoms with E-state index in [0.717, 1.165) is 5.56 Å². The van der Waals surface area contributed by atoms with Crippen molar-refractivity contribution in [3.63, 3.8) is 0 Å². The molecule has 6 nitrogen and oxygen atoms in total. The molecule has 0 saturated heterocycles. The molecule has 1 aromatic heterocycles. The van der Waals surface area contributed by atoms with Gasteiger partial charge in [-0.15, -0.1) is 0 Å². The molecule has 0 fully saturated rings. The summed E-state index contributed by atoms with van der Waals surface area (Å²) < 4.78 is 33.5. The number of ether oxygens (including phenoxy) is 1. The fourth-order valence-corrected chi connectivity index (χ4v) is 4.79. The van der Waals surface area contributed by atoms with Gasteiger partial charge in [0, 0.05) is 16.8 Å². The Morgan fingerprint density at radius 1 is 1.14 bits per heavy atom. The topological polar surface area (TPSA) is 83.3 Å². The molecule has 2 aromatic carbocycles. The maximum absolute atomic E-state index is 13.2. The van der Waals surface area contributed by atoms with Gasteiger partial charge in [-0.25, -0.2) is 8.42 Å². The number of anilines is 1. The first kappa shape index (κ1) is 18.3. The first-order valence-electron chi connectivity index (χ1n) is 8.40. The van der Waals surface area contributed by atoms with Crippen LogP contribution >= 0.6 is 11.6 Å². The molecule has 28 heavy (non-hydrogen) atoms. The monoisotopic (exact) mass is 411 g/mol. The van der Waals surface area contributed by atoms with Gasteiger partial charge in [0.25, 0.3) is 10.0 Å². The summed E-state index contributed by atoms with van der Waals surface area (Å²) in [5, 5.41) is 9.32. The van der Waals surface area contributed by atoms with Crippen LogP contribution in [0.5, 0.6) is 5.75 Å². The molecule has 0 amide bonds. The Labute approximate surface area is 167 Å². The van der Waals surface area contributed by atoms with E-state index in [4.69, 9.17) is 21.6 Å². The molecule has 3 aromatic rings. The Morgan fingerprint density at radius 3 is 2.64 bits per heavy atom. The highest BCUT2D eigenvalue weighted by atomic mass is 35.5. The van der Waals surface area contributed by atoms with Gasteiger partial charge in [-0.2, -0.15) is 5.26 Å². The molecule has 1 aliphatic heterocycles. The van der Waals surface area contributed by atoms with E-state index in [1.54, 1.807) is 42.6 Å². The van der Waals surface area contributed by atoms with Gasteiger partial charge >= 0.3 is 0 Å². The highest BCUT2D eigenvalue weighted by Gasteiger charge is 2.32. The van der Waals surface area contributed by atoms with Gasteiger partial charge < -0.3 is 4.74 Å². The summed E-state index contributed by atoms with van der Waals surface area (Å²) in [6, 6.07) is 15.2. The van der Waals surface area contributed by atoms with Crippen LogP contribution in [0.2, 0.25) is 5.02 Å². The number of sulfonamides is 1. The van der Waals surface area contributed by atoms with E-state index in [9.17, 15) is 8.42 Å².